The van der Waals surface area contributed by atoms with Gasteiger partial charge < -0.3 is 25.0 Å². The fraction of sp³-hybridized carbons (Fsp3) is 0.682. The van der Waals surface area contributed by atoms with E-state index in [1.54, 1.807) is 19.2 Å². The summed E-state index contributed by atoms with van der Waals surface area (Å²) >= 11 is 0. The zero-order chi connectivity index (χ0) is 22.7. The van der Waals surface area contributed by atoms with Crippen LogP contribution in [0.3, 0.4) is 0 Å². The second-order valence-corrected chi connectivity index (χ2v) is 7.87. The molecule has 2 N–H and O–H groups in total. The highest BCUT2D eigenvalue weighted by atomic mass is 19.4. The van der Waals surface area contributed by atoms with Crippen LogP contribution in [0.25, 0.3) is 0 Å². The summed E-state index contributed by atoms with van der Waals surface area (Å²) in [5, 5.41) is 6.59. The Morgan fingerprint density at radius 2 is 1.97 bits per heavy atom. The zero-order valence-electron chi connectivity index (χ0n) is 18.7. The second kappa shape index (κ2) is 12.8. The number of halogens is 3. The Bertz CT molecular complexity index is 690. The minimum atomic E-state index is -4.38. The summed E-state index contributed by atoms with van der Waals surface area (Å²) < 4.78 is 47.9. The van der Waals surface area contributed by atoms with Crippen molar-refractivity contribution in [3.63, 3.8) is 0 Å². The lowest BCUT2D eigenvalue weighted by molar-refractivity contribution is -0.153. The molecule has 0 aromatic heterocycles. The molecule has 1 aliphatic heterocycles. The van der Waals surface area contributed by atoms with E-state index in [1.807, 2.05) is 19.9 Å². The van der Waals surface area contributed by atoms with E-state index in [0.717, 1.165) is 51.2 Å². The maximum atomic E-state index is 12.6. The van der Waals surface area contributed by atoms with Gasteiger partial charge in [0.15, 0.2) is 12.6 Å². The first-order chi connectivity index (χ1) is 14.8. The molecular weight excluding hydrogens is 409 g/mol. The number of rotatable bonds is 10. The number of methoxy groups -OCH3 is 1. The number of benzene rings is 1. The van der Waals surface area contributed by atoms with E-state index in [0.29, 0.717) is 24.0 Å². The van der Waals surface area contributed by atoms with Crippen LogP contribution in [-0.4, -0.2) is 70.1 Å². The molecule has 1 saturated heterocycles. The Hall–Kier alpha value is -2.00. The van der Waals surface area contributed by atoms with Crippen molar-refractivity contribution in [1.82, 2.24) is 15.5 Å². The third kappa shape index (κ3) is 9.78. The highest BCUT2D eigenvalue weighted by molar-refractivity contribution is 5.79. The Kier molecular flexibility index (Phi) is 10.4. The van der Waals surface area contributed by atoms with Gasteiger partial charge in [0.25, 0.3) is 0 Å². The molecule has 1 aliphatic rings. The Balaban J connectivity index is 1.91. The van der Waals surface area contributed by atoms with Crippen LogP contribution in [0.15, 0.2) is 23.2 Å². The van der Waals surface area contributed by atoms with E-state index in [1.165, 1.54) is 0 Å². The quantitative estimate of drug-likeness (QED) is 0.428. The molecule has 9 heteroatoms. The van der Waals surface area contributed by atoms with Crippen LogP contribution in [0.4, 0.5) is 13.2 Å². The standard InChI is InChI=1S/C22H35F3N4O2/c1-4-26-21(27-14-18-7-9-29(10-8-18)11-12-30-3)28-15-19-6-5-17(2)13-20(19)31-16-22(23,24)25/h5-6,13,18H,4,7-12,14-16H2,1-3H3,(H2,26,27,28). The molecule has 0 atom stereocenters. The third-order valence-corrected chi connectivity index (χ3v) is 5.24. The lowest BCUT2D eigenvalue weighted by Crippen LogP contribution is -2.43. The number of guanidine groups is 1. The first-order valence-electron chi connectivity index (χ1n) is 10.8. The average molecular weight is 445 g/mol. The van der Waals surface area contributed by atoms with Gasteiger partial charge in [0.05, 0.1) is 13.2 Å². The molecule has 1 aromatic carbocycles. The van der Waals surface area contributed by atoms with Crippen molar-refractivity contribution in [1.29, 1.82) is 0 Å². The van der Waals surface area contributed by atoms with Crippen molar-refractivity contribution < 1.29 is 22.6 Å². The molecule has 1 fully saturated rings. The molecular formula is C22H35F3N4O2. The fourth-order valence-electron chi connectivity index (χ4n) is 3.47. The van der Waals surface area contributed by atoms with E-state index in [9.17, 15) is 13.2 Å². The SMILES string of the molecule is CCNC(=NCc1ccc(C)cc1OCC(F)(F)F)NCC1CCN(CCOC)CC1. The molecule has 0 aliphatic carbocycles. The Morgan fingerprint density at radius 1 is 1.23 bits per heavy atom. The summed E-state index contributed by atoms with van der Waals surface area (Å²) in [6.45, 7) is 8.09. The maximum Gasteiger partial charge on any atom is 0.422 e. The van der Waals surface area contributed by atoms with Crippen LogP contribution < -0.4 is 15.4 Å². The van der Waals surface area contributed by atoms with Crippen LogP contribution in [-0.2, 0) is 11.3 Å². The van der Waals surface area contributed by atoms with Crippen molar-refractivity contribution in [3.8, 4) is 5.75 Å². The van der Waals surface area contributed by atoms with E-state index in [-0.39, 0.29) is 12.3 Å². The van der Waals surface area contributed by atoms with E-state index in [2.05, 4.69) is 20.5 Å². The topological polar surface area (TPSA) is 58.1 Å². The lowest BCUT2D eigenvalue weighted by Gasteiger charge is -2.32. The predicted octanol–water partition coefficient (Wildman–Crippen LogP) is 3.35. The highest BCUT2D eigenvalue weighted by Crippen LogP contribution is 2.24. The number of hydrogen-bond donors (Lipinski definition) is 2. The number of nitrogens with one attached hydrogen (secondary N) is 2. The maximum absolute atomic E-state index is 12.6. The summed E-state index contributed by atoms with van der Waals surface area (Å²) in [6, 6.07) is 5.24. The average Bonchev–Trinajstić information content (AvgIpc) is 2.74. The molecule has 0 radical (unpaired) electrons. The Morgan fingerprint density at radius 3 is 2.61 bits per heavy atom. The van der Waals surface area contributed by atoms with E-state index in [4.69, 9.17) is 9.47 Å². The number of ether oxygens (including phenoxy) is 2. The van der Waals surface area contributed by atoms with Crippen molar-refractivity contribution in [2.24, 2.45) is 10.9 Å². The van der Waals surface area contributed by atoms with Gasteiger partial charge in [-0.2, -0.15) is 13.2 Å². The molecule has 6 nitrogen and oxygen atoms in total. The smallest absolute Gasteiger partial charge is 0.422 e. The fourth-order valence-corrected chi connectivity index (χ4v) is 3.47. The molecule has 0 saturated carbocycles. The van der Waals surface area contributed by atoms with Gasteiger partial charge in [-0.15, -0.1) is 0 Å². The molecule has 0 amide bonds. The van der Waals surface area contributed by atoms with Crippen LogP contribution in [0.1, 0.15) is 30.9 Å². The molecule has 1 heterocycles. The number of alkyl halides is 3. The first-order valence-corrected chi connectivity index (χ1v) is 10.8. The molecule has 0 bridgehead atoms. The van der Waals surface area contributed by atoms with Crippen molar-refractivity contribution in [2.45, 2.75) is 39.4 Å². The molecule has 2 rings (SSSR count). The van der Waals surface area contributed by atoms with Gasteiger partial charge in [-0.05, 0) is 57.3 Å². The predicted molar refractivity (Wildman–Crippen MR) is 117 cm³/mol. The number of likely N-dealkylation sites (tertiary alicyclic amines) is 1. The van der Waals surface area contributed by atoms with Gasteiger partial charge in [-0.1, -0.05) is 12.1 Å². The monoisotopic (exact) mass is 444 g/mol. The number of aliphatic imine (C=N–C) groups is 1. The van der Waals surface area contributed by atoms with Gasteiger partial charge in [0.2, 0.25) is 0 Å². The number of piperidine rings is 1. The number of nitrogens with zero attached hydrogens (tertiary/aromatic N) is 2. The summed E-state index contributed by atoms with van der Waals surface area (Å²) in [5.41, 5.74) is 1.46. The van der Waals surface area contributed by atoms with Gasteiger partial charge in [-0.25, -0.2) is 4.99 Å². The highest BCUT2D eigenvalue weighted by Gasteiger charge is 2.28. The number of hydrogen-bond acceptors (Lipinski definition) is 4. The normalized spacial score (nSPS) is 16.4. The van der Waals surface area contributed by atoms with Gasteiger partial charge >= 0.3 is 6.18 Å². The van der Waals surface area contributed by atoms with Gasteiger partial charge in [0, 0.05) is 32.3 Å². The van der Waals surface area contributed by atoms with Crippen LogP contribution in [0.5, 0.6) is 5.75 Å². The summed E-state index contributed by atoms with van der Waals surface area (Å²) in [6.07, 6.45) is -2.15. The van der Waals surface area contributed by atoms with Gasteiger partial charge in [-0.3, -0.25) is 0 Å². The van der Waals surface area contributed by atoms with Gasteiger partial charge in [0.1, 0.15) is 5.75 Å². The minimum absolute atomic E-state index is 0.223. The lowest BCUT2D eigenvalue weighted by atomic mass is 9.97. The van der Waals surface area contributed by atoms with Crippen LogP contribution in [0.2, 0.25) is 0 Å². The van der Waals surface area contributed by atoms with E-state index >= 15 is 0 Å². The minimum Gasteiger partial charge on any atom is -0.484 e. The summed E-state index contributed by atoms with van der Waals surface area (Å²) in [4.78, 5) is 6.98. The molecule has 176 valence electrons. The first kappa shape index (κ1) is 25.3. The largest absolute Gasteiger partial charge is 0.484 e. The van der Waals surface area contributed by atoms with Crippen molar-refractivity contribution >= 4 is 5.96 Å². The molecule has 0 spiro atoms. The van der Waals surface area contributed by atoms with E-state index < -0.39 is 12.8 Å². The van der Waals surface area contributed by atoms with Crippen LogP contribution in [0, 0.1) is 12.8 Å². The molecule has 0 unspecified atom stereocenters. The van der Waals surface area contributed by atoms with Crippen molar-refractivity contribution in [2.75, 3.05) is 53.0 Å². The number of aryl methyl sites for hydroxylation is 1. The summed E-state index contributed by atoms with van der Waals surface area (Å²) in [7, 11) is 1.72. The molecule has 31 heavy (non-hydrogen) atoms. The Labute approximate surface area is 183 Å². The summed E-state index contributed by atoms with van der Waals surface area (Å²) in [5.74, 6) is 1.44. The third-order valence-electron chi connectivity index (χ3n) is 5.24. The second-order valence-electron chi connectivity index (χ2n) is 7.87. The van der Waals surface area contributed by atoms with Crippen LogP contribution >= 0.6 is 0 Å². The van der Waals surface area contributed by atoms with Crippen molar-refractivity contribution in [3.05, 3.63) is 29.3 Å². The molecule has 1 aromatic rings. The zero-order valence-corrected chi connectivity index (χ0v) is 18.7.